The molecule has 35 heavy (non-hydrogen) atoms. The maximum absolute atomic E-state index is 13.2. The summed E-state index contributed by atoms with van der Waals surface area (Å²) >= 11 is 0. The lowest BCUT2D eigenvalue weighted by Crippen LogP contribution is -2.56. The van der Waals surface area contributed by atoms with E-state index in [9.17, 15) is 24.6 Å². The average Bonchev–Trinajstić information content (AvgIpc) is 3.58. The Morgan fingerprint density at radius 3 is 2.63 bits per heavy atom. The number of nitrogens with zero attached hydrogens (tertiary/aromatic N) is 1. The number of hydrogen-bond acceptors (Lipinski definition) is 7. The zero-order valence-electron chi connectivity index (χ0n) is 20.2. The number of amides is 2. The zero-order chi connectivity index (χ0) is 25.3. The first-order valence-electron chi connectivity index (χ1n) is 11.9. The van der Waals surface area contributed by atoms with Gasteiger partial charge >= 0.3 is 0 Å². The minimum atomic E-state index is -1.13. The number of carbonyl (C=O) groups is 3. The third-order valence-corrected chi connectivity index (χ3v) is 6.62. The molecule has 2 aliphatic carbocycles. The Hall–Kier alpha value is -3.17. The molecule has 4 unspecified atom stereocenters. The van der Waals surface area contributed by atoms with E-state index < -0.39 is 30.1 Å². The van der Waals surface area contributed by atoms with E-state index in [2.05, 4.69) is 5.32 Å². The predicted molar refractivity (Wildman–Crippen MR) is 127 cm³/mol. The van der Waals surface area contributed by atoms with E-state index in [-0.39, 0.29) is 19.1 Å². The summed E-state index contributed by atoms with van der Waals surface area (Å²) in [4.78, 5) is 39.6. The van der Waals surface area contributed by atoms with Crippen molar-refractivity contribution in [3.05, 3.63) is 46.6 Å². The molecule has 0 saturated heterocycles. The van der Waals surface area contributed by atoms with Gasteiger partial charge in [0.05, 0.1) is 25.7 Å². The Bertz CT molecular complexity index is 1070. The SMILES string of the molecule is COc1cc(C=O)cc2c1OC1C2C(C(=O)NCCO)=CC(N(CC2CC2)C(=O)C=C(C)C)C1O. The third kappa shape index (κ3) is 4.97. The molecule has 2 amide bonds. The fraction of sp³-hybridized carbons (Fsp3) is 0.500. The number of allylic oxidation sites excluding steroid dienone is 1. The highest BCUT2D eigenvalue weighted by atomic mass is 16.5. The van der Waals surface area contributed by atoms with Gasteiger partial charge < -0.3 is 29.9 Å². The number of benzene rings is 1. The Kier molecular flexibility index (Phi) is 7.28. The van der Waals surface area contributed by atoms with Crippen LogP contribution in [0, 0.1) is 5.92 Å². The Labute approximate surface area is 204 Å². The van der Waals surface area contributed by atoms with Crippen molar-refractivity contribution in [1.29, 1.82) is 0 Å². The Morgan fingerprint density at radius 1 is 1.29 bits per heavy atom. The molecule has 1 saturated carbocycles. The first-order valence-corrected chi connectivity index (χ1v) is 11.9. The molecule has 9 nitrogen and oxygen atoms in total. The van der Waals surface area contributed by atoms with Crippen LogP contribution in [-0.4, -0.2) is 78.3 Å². The fourth-order valence-corrected chi connectivity index (χ4v) is 4.83. The van der Waals surface area contributed by atoms with Crippen molar-refractivity contribution in [3.63, 3.8) is 0 Å². The molecule has 1 fully saturated rings. The first kappa shape index (κ1) is 24.9. The number of hydrogen-bond donors (Lipinski definition) is 3. The summed E-state index contributed by atoms with van der Waals surface area (Å²) in [7, 11) is 1.45. The second-order valence-corrected chi connectivity index (χ2v) is 9.56. The maximum atomic E-state index is 13.2. The molecule has 0 bridgehead atoms. The van der Waals surface area contributed by atoms with Crippen LogP contribution in [0.2, 0.25) is 0 Å². The number of carbonyl (C=O) groups excluding carboxylic acids is 3. The highest BCUT2D eigenvalue weighted by Crippen LogP contribution is 2.51. The van der Waals surface area contributed by atoms with Crippen LogP contribution in [-0.2, 0) is 9.59 Å². The lowest BCUT2D eigenvalue weighted by Gasteiger charge is -2.40. The van der Waals surface area contributed by atoms with Gasteiger partial charge in [-0.15, -0.1) is 0 Å². The van der Waals surface area contributed by atoms with Crippen molar-refractivity contribution in [2.45, 2.75) is 50.9 Å². The number of rotatable bonds is 9. The fourth-order valence-electron chi connectivity index (χ4n) is 4.83. The molecule has 9 heteroatoms. The van der Waals surface area contributed by atoms with Crippen molar-refractivity contribution in [2.24, 2.45) is 5.92 Å². The normalized spacial score (nSPS) is 24.3. The lowest BCUT2D eigenvalue weighted by atomic mass is 9.77. The molecular weight excluding hydrogens is 452 g/mol. The summed E-state index contributed by atoms with van der Waals surface area (Å²) in [5, 5.41) is 23.4. The molecule has 188 valence electrons. The molecule has 1 aromatic rings. The smallest absolute Gasteiger partial charge is 0.247 e. The van der Waals surface area contributed by atoms with Crippen LogP contribution >= 0.6 is 0 Å². The van der Waals surface area contributed by atoms with Gasteiger partial charge in [-0.1, -0.05) is 5.57 Å². The number of methoxy groups -OCH3 is 1. The van der Waals surface area contributed by atoms with E-state index in [0.717, 1.165) is 18.4 Å². The van der Waals surface area contributed by atoms with Gasteiger partial charge in [0.15, 0.2) is 11.5 Å². The average molecular weight is 485 g/mol. The van der Waals surface area contributed by atoms with Crippen molar-refractivity contribution in [1.82, 2.24) is 10.2 Å². The molecular formula is C26H32N2O7. The van der Waals surface area contributed by atoms with E-state index >= 15 is 0 Å². The van der Waals surface area contributed by atoms with Crippen molar-refractivity contribution < 1.29 is 34.1 Å². The van der Waals surface area contributed by atoms with E-state index in [1.54, 1.807) is 23.1 Å². The van der Waals surface area contributed by atoms with Gasteiger partial charge in [0.25, 0.3) is 0 Å². The molecule has 1 aromatic carbocycles. The number of fused-ring (bicyclic) bond motifs is 3. The number of aldehydes is 1. The summed E-state index contributed by atoms with van der Waals surface area (Å²) in [6, 6.07) is 2.38. The van der Waals surface area contributed by atoms with Crippen molar-refractivity contribution in [2.75, 3.05) is 26.8 Å². The van der Waals surface area contributed by atoms with Crippen LogP contribution in [0.4, 0.5) is 0 Å². The van der Waals surface area contributed by atoms with E-state index in [0.29, 0.717) is 46.9 Å². The van der Waals surface area contributed by atoms with Crippen molar-refractivity contribution in [3.8, 4) is 11.5 Å². The summed E-state index contributed by atoms with van der Waals surface area (Å²) in [5.41, 5.74) is 2.06. The quantitative estimate of drug-likeness (QED) is 0.357. The van der Waals surface area contributed by atoms with Gasteiger partial charge in [-0.25, -0.2) is 0 Å². The molecule has 1 heterocycles. The highest BCUT2D eigenvalue weighted by molar-refractivity contribution is 5.97. The standard InChI is InChI=1S/C26H32N2O7/c1-14(2)8-21(31)28(12-15-4-5-15)19-11-18(26(33)27-6-7-29)22-17-9-16(13-30)10-20(34-3)24(17)35-25(22)23(19)32/h8-11,13,15,19,22-23,25,29,32H,4-7,12H2,1-3H3,(H,27,33). The molecule has 0 spiro atoms. The second-order valence-electron chi connectivity index (χ2n) is 9.56. The monoisotopic (exact) mass is 484 g/mol. The van der Waals surface area contributed by atoms with Gasteiger partial charge in [-0.2, -0.15) is 0 Å². The van der Waals surface area contributed by atoms with E-state index in [1.165, 1.54) is 13.2 Å². The van der Waals surface area contributed by atoms with Crippen LogP contribution in [0.3, 0.4) is 0 Å². The van der Waals surface area contributed by atoms with Gasteiger partial charge in [0, 0.05) is 35.9 Å². The lowest BCUT2D eigenvalue weighted by molar-refractivity contribution is -0.132. The zero-order valence-corrected chi connectivity index (χ0v) is 20.2. The van der Waals surface area contributed by atoms with Crippen LogP contribution in [0.5, 0.6) is 11.5 Å². The molecule has 4 rings (SSSR count). The van der Waals surface area contributed by atoms with Gasteiger partial charge in [-0.05, 0) is 50.8 Å². The molecule has 0 radical (unpaired) electrons. The molecule has 3 N–H and O–H groups in total. The minimum absolute atomic E-state index is 0.0503. The largest absolute Gasteiger partial charge is 0.493 e. The minimum Gasteiger partial charge on any atom is -0.493 e. The van der Waals surface area contributed by atoms with Crippen LogP contribution in [0.15, 0.2) is 35.4 Å². The van der Waals surface area contributed by atoms with Crippen LogP contribution in [0.1, 0.15) is 48.5 Å². The Morgan fingerprint density at radius 2 is 2.03 bits per heavy atom. The van der Waals surface area contributed by atoms with Crippen LogP contribution in [0.25, 0.3) is 0 Å². The molecule has 0 aromatic heterocycles. The highest BCUT2D eigenvalue weighted by Gasteiger charge is 2.51. The van der Waals surface area contributed by atoms with E-state index in [1.807, 2.05) is 13.8 Å². The van der Waals surface area contributed by atoms with Gasteiger partial charge in [0.2, 0.25) is 11.8 Å². The predicted octanol–water partition coefficient (Wildman–Crippen LogP) is 1.34. The van der Waals surface area contributed by atoms with Gasteiger partial charge in [0.1, 0.15) is 18.5 Å². The maximum Gasteiger partial charge on any atom is 0.247 e. The van der Waals surface area contributed by atoms with Crippen molar-refractivity contribution >= 4 is 18.1 Å². The summed E-state index contributed by atoms with van der Waals surface area (Å²) in [5.74, 6) is -0.302. The number of ether oxygens (including phenoxy) is 2. The first-order chi connectivity index (χ1) is 16.8. The third-order valence-electron chi connectivity index (χ3n) is 6.62. The number of nitrogens with one attached hydrogen (secondary N) is 1. The van der Waals surface area contributed by atoms with E-state index in [4.69, 9.17) is 9.47 Å². The second kappa shape index (κ2) is 10.2. The Balaban J connectivity index is 1.81. The number of aliphatic hydroxyl groups excluding tert-OH is 2. The van der Waals surface area contributed by atoms with Gasteiger partial charge in [-0.3, -0.25) is 14.4 Å². The molecule has 3 aliphatic rings. The summed E-state index contributed by atoms with van der Waals surface area (Å²) in [6.07, 6.45) is 3.87. The molecule has 1 aliphatic heterocycles. The van der Waals surface area contributed by atoms with Crippen LogP contribution < -0.4 is 14.8 Å². The summed E-state index contributed by atoms with van der Waals surface area (Å²) < 4.78 is 11.6. The topological polar surface area (TPSA) is 125 Å². The molecule has 4 atom stereocenters. The summed E-state index contributed by atoms with van der Waals surface area (Å²) in [6.45, 7) is 3.95. The number of aliphatic hydroxyl groups is 2.